The molecule has 0 saturated carbocycles. The monoisotopic (exact) mass is 408 g/mol. The van der Waals surface area contributed by atoms with Gasteiger partial charge >= 0.3 is 0 Å². The van der Waals surface area contributed by atoms with Crippen LogP contribution in [0.1, 0.15) is 30.0 Å². The van der Waals surface area contributed by atoms with E-state index in [4.69, 9.17) is 0 Å². The lowest BCUT2D eigenvalue weighted by molar-refractivity contribution is -0.126. The molecule has 2 N–H and O–H groups in total. The Balaban J connectivity index is 0.00000261. The topological polar surface area (TPSA) is 75.3 Å². The fraction of sp³-hybridized carbons (Fsp3) is 0.350. The molecule has 2 aromatic carbocycles. The molecule has 2 aromatic rings. The molecule has 3 rings (SSSR count). The number of sulfone groups is 1. The molecule has 1 amide bonds. The first-order valence-electron chi connectivity index (χ1n) is 8.81. The number of piperidine rings is 1. The van der Waals surface area contributed by atoms with E-state index in [9.17, 15) is 13.2 Å². The summed E-state index contributed by atoms with van der Waals surface area (Å²) in [6, 6.07) is 16.0. The summed E-state index contributed by atoms with van der Waals surface area (Å²) in [5.41, 5.74) is 1.69. The molecule has 2 unspecified atom stereocenters. The maximum absolute atomic E-state index is 12.8. The number of rotatable bonds is 5. The van der Waals surface area contributed by atoms with Crippen LogP contribution in [0.15, 0.2) is 59.5 Å². The summed E-state index contributed by atoms with van der Waals surface area (Å²) in [5, 5.41) is 6.38. The minimum Gasteiger partial charge on any atom is -0.345 e. The van der Waals surface area contributed by atoms with Gasteiger partial charge in [-0.2, -0.15) is 0 Å². The van der Waals surface area contributed by atoms with Crippen LogP contribution in [0.2, 0.25) is 0 Å². The van der Waals surface area contributed by atoms with Crippen molar-refractivity contribution in [2.24, 2.45) is 5.92 Å². The predicted molar refractivity (Wildman–Crippen MR) is 109 cm³/mol. The normalized spacial score (nSPS) is 18.2. The van der Waals surface area contributed by atoms with E-state index in [1.165, 1.54) is 6.26 Å². The van der Waals surface area contributed by atoms with Gasteiger partial charge in [-0.1, -0.05) is 42.5 Å². The lowest BCUT2D eigenvalue weighted by Gasteiger charge is -2.26. The Morgan fingerprint density at radius 1 is 1.11 bits per heavy atom. The molecule has 27 heavy (non-hydrogen) atoms. The van der Waals surface area contributed by atoms with Crippen LogP contribution in [-0.2, 0) is 14.6 Å². The summed E-state index contributed by atoms with van der Waals surface area (Å²) in [6.07, 6.45) is 3.04. The van der Waals surface area contributed by atoms with Gasteiger partial charge in [0.25, 0.3) is 0 Å². The molecule has 2 atom stereocenters. The fourth-order valence-electron chi connectivity index (χ4n) is 3.27. The molecule has 146 valence electrons. The summed E-state index contributed by atoms with van der Waals surface area (Å²) >= 11 is 0. The van der Waals surface area contributed by atoms with Crippen molar-refractivity contribution in [3.8, 4) is 0 Å². The zero-order valence-electron chi connectivity index (χ0n) is 15.2. The van der Waals surface area contributed by atoms with Crippen LogP contribution in [0.4, 0.5) is 0 Å². The molecular weight excluding hydrogens is 384 g/mol. The Morgan fingerprint density at radius 3 is 2.44 bits per heavy atom. The number of hydrogen-bond donors (Lipinski definition) is 2. The van der Waals surface area contributed by atoms with Crippen molar-refractivity contribution in [1.29, 1.82) is 0 Å². The molecule has 0 aromatic heterocycles. The zero-order chi connectivity index (χ0) is 18.6. The highest BCUT2D eigenvalue weighted by Crippen LogP contribution is 2.25. The lowest BCUT2D eigenvalue weighted by Crippen LogP contribution is -2.42. The van der Waals surface area contributed by atoms with Gasteiger partial charge < -0.3 is 10.6 Å². The molecule has 1 saturated heterocycles. The highest BCUT2D eigenvalue weighted by Gasteiger charge is 2.25. The van der Waals surface area contributed by atoms with Crippen molar-refractivity contribution in [3.63, 3.8) is 0 Å². The van der Waals surface area contributed by atoms with E-state index in [0.717, 1.165) is 30.5 Å². The van der Waals surface area contributed by atoms with Gasteiger partial charge in [-0.05, 0) is 42.6 Å². The second-order valence-electron chi connectivity index (χ2n) is 6.74. The number of carbonyl (C=O) groups excluding carboxylic acids is 1. The fourth-order valence-corrected chi connectivity index (χ4v) is 3.94. The van der Waals surface area contributed by atoms with Crippen LogP contribution in [-0.4, -0.2) is 33.7 Å². The Hall–Kier alpha value is -1.89. The van der Waals surface area contributed by atoms with Gasteiger partial charge in [-0.25, -0.2) is 8.42 Å². The van der Waals surface area contributed by atoms with Crippen LogP contribution in [0, 0.1) is 5.92 Å². The summed E-state index contributed by atoms with van der Waals surface area (Å²) in [6.45, 7) is 1.62. The molecule has 5 nitrogen and oxygen atoms in total. The first-order valence-corrected chi connectivity index (χ1v) is 10.7. The van der Waals surface area contributed by atoms with Gasteiger partial charge in [0.2, 0.25) is 5.91 Å². The average Bonchev–Trinajstić information content (AvgIpc) is 2.67. The van der Waals surface area contributed by atoms with Gasteiger partial charge in [0, 0.05) is 12.8 Å². The van der Waals surface area contributed by atoms with Gasteiger partial charge in [0.1, 0.15) is 0 Å². The zero-order valence-corrected chi connectivity index (χ0v) is 16.9. The summed E-state index contributed by atoms with van der Waals surface area (Å²) in [4.78, 5) is 13.0. The molecule has 1 aliphatic rings. The minimum atomic E-state index is -3.31. The van der Waals surface area contributed by atoms with E-state index < -0.39 is 9.84 Å². The largest absolute Gasteiger partial charge is 0.345 e. The van der Waals surface area contributed by atoms with Crippen molar-refractivity contribution in [2.75, 3.05) is 19.3 Å². The van der Waals surface area contributed by atoms with Crippen molar-refractivity contribution in [2.45, 2.75) is 23.8 Å². The Bertz CT molecular complexity index is 866. The predicted octanol–water partition coefficient (Wildman–Crippen LogP) is 2.72. The lowest BCUT2D eigenvalue weighted by atomic mass is 9.95. The number of carbonyl (C=O) groups is 1. The number of hydrogen-bond acceptors (Lipinski definition) is 4. The highest BCUT2D eigenvalue weighted by atomic mass is 35.5. The van der Waals surface area contributed by atoms with Gasteiger partial charge in [0.15, 0.2) is 9.84 Å². The van der Waals surface area contributed by atoms with Crippen molar-refractivity contribution < 1.29 is 13.2 Å². The summed E-state index contributed by atoms with van der Waals surface area (Å²) < 4.78 is 23.8. The SMILES string of the molecule is CS(=O)(=O)c1cccc(C(NC(=O)C2CCCNC2)c2ccccc2)c1.Cl. The first kappa shape index (κ1) is 21.4. The van der Waals surface area contributed by atoms with E-state index >= 15 is 0 Å². The number of halogens is 1. The van der Waals surface area contributed by atoms with Crippen LogP contribution in [0.25, 0.3) is 0 Å². The van der Waals surface area contributed by atoms with Crippen molar-refractivity contribution >= 4 is 28.2 Å². The maximum atomic E-state index is 12.8. The molecular formula is C20H25ClN2O3S. The Morgan fingerprint density at radius 2 is 1.81 bits per heavy atom. The van der Waals surface area contributed by atoms with E-state index in [1.807, 2.05) is 36.4 Å². The number of amides is 1. The average molecular weight is 409 g/mol. The summed E-state index contributed by atoms with van der Waals surface area (Å²) in [5.74, 6) is -0.0659. The van der Waals surface area contributed by atoms with Crippen molar-refractivity contribution in [3.05, 3.63) is 65.7 Å². The van der Waals surface area contributed by atoms with Crippen LogP contribution < -0.4 is 10.6 Å². The maximum Gasteiger partial charge on any atom is 0.225 e. The second-order valence-corrected chi connectivity index (χ2v) is 8.76. The highest BCUT2D eigenvalue weighted by molar-refractivity contribution is 7.90. The van der Waals surface area contributed by atoms with E-state index in [2.05, 4.69) is 10.6 Å². The number of nitrogens with one attached hydrogen (secondary N) is 2. The molecule has 1 fully saturated rings. The first-order chi connectivity index (χ1) is 12.4. The van der Waals surface area contributed by atoms with Crippen LogP contribution in [0.5, 0.6) is 0 Å². The second kappa shape index (κ2) is 9.35. The van der Waals surface area contributed by atoms with Crippen LogP contribution in [0.3, 0.4) is 0 Å². The molecule has 0 bridgehead atoms. The van der Waals surface area contributed by atoms with Gasteiger partial charge in [-0.15, -0.1) is 12.4 Å². The standard InChI is InChI=1S/C20H24N2O3S.ClH/c1-26(24,25)18-11-5-9-16(13-18)19(15-7-3-2-4-8-15)22-20(23)17-10-6-12-21-14-17;/h2-5,7-9,11,13,17,19,21H,6,10,12,14H2,1H3,(H,22,23);1H. The Kier molecular flexibility index (Phi) is 7.41. The molecule has 1 heterocycles. The van der Waals surface area contributed by atoms with E-state index in [1.54, 1.807) is 18.2 Å². The third-order valence-electron chi connectivity index (χ3n) is 4.71. The number of benzene rings is 2. The van der Waals surface area contributed by atoms with Crippen molar-refractivity contribution in [1.82, 2.24) is 10.6 Å². The summed E-state index contributed by atoms with van der Waals surface area (Å²) in [7, 11) is -3.31. The minimum absolute atomic E-state index is 0. The smallest absolute Gasteiger partial charge is 0.225 e. The molecule has 0 spiro atoms. The van der Waals surface area contributed by atoms with Gasteiger partial charge in [0.05, 0.1) is 16.9 Å². The Labute approximate surface area is 166 Å². The molecule has 0 radical (unpaired) electrons. The molecule has 7 heteroatoms. The quantitative estimate of drug-likeness (QED) is 0.797. The third kappa shape index (κ3) is 5.54. The van der Waals surface area contributed by atoms with Crippen LogP contribution >= 0.6 is 12.4 Å². The molecule has 1 aliphatic heterocycles. The van der Waals surface area contributed by atoms with E-state index in [0.29, 0.717) is 6.54 Å². The van der Waals surface area contributed by atoms with Gasteiger partial charge in [-0.3, -0.25) is 4.79 Å². The molecule has 0 aliphatic carbocycles. The third-order valence-corrected chi connectivity index (χ3v) is 5.82. The van der Waals surface area contributed by atoms with E-state index in [-0.39, 0.29) is 35.2 Å².